The fraction of sp³-hybridized carbons (Fsp3) is 0. The molecular formula is C49H33N5. The molecule has 54 heavy (non-hydrogen) atoms. The number of para-hydroxylation sites is 2. The Balaban J connectivity index is 1.14. The highest BCUT2D eigenvalue weighted by molar-refractivity contribution is 6.11. The first-order valence-electron chi connectivity index (χ1n) is 18.1. The number of nitrogens with zero attached hydrogens (tertiary/aromatic N) is 5. The summed E-state index contributed by atoms with van der Waals surface area (Å²) in [4.78, 5) is 16.9. The molecule has 0 fully saturated rings. The largest absolute Gasteiger partial charge is 0.310 e. The van der Waals surface area contributed by atoms with E-state index >= 15 is 0 Å². The number of hydrogen-bond donors (Lipinski definition) is 0. The highest BCUT2D eigenvalue weighted by atomic mass is 15.1. The van der Waals surface area contributed by atoms with Crippen molar-refractivity contribution >= 4 is 49.9 Å². The van der Waals surface area contributed by atoms with Gasteiger partial charge in [-0.25, -0.2) is 4.98 Å². The number of pyridine rings is 3. The Morgan fingerprint density at radius 3 is 1.63 bits per heavy atom. The number of hydrogen-bond acceptors (Lipinski definition) is 4. The fourth-order valence-electron chi connectivity index (χ4n) is 7.51. The van der Waals surface area contributed by atoms with Crippen LogP contribution in [0.3, 0.4) is 0 Å². The number of benzene rings is 6. The SMILES string of the molecule is c1ccc(-n2c3ccc(-c4cccc(N(c5cccc(-c6ccccn6)c5)c5cccc(-c6ccccn6)c5)c4)cc3c3nc4ccccc4cc32)cc1. The predicted molar refractivity (Wildman–Crippen MR) is 223 cm³/mol. The zero-order valence-corrected chi connectivity index (χ0v) is 29.3. The van der Waals surface area contributed by atoms with Crippen molar-refractivity contribution in [1.82, 2.24) is 19.5 Å². The van der Waals surface area contributed by atoms with E-state index in [-0.39, 0.29) is 0 Å². The summed E-state index contributed by atoms with van der Waals surface area (Å²) in [6.45, 7) is 0. The van der Waals surface area contributed by atoms with Crippen molar-refractivity contribution in [2.75, 3.05) is 4.90 Å². The smallest absolute Gasteiger partial charge is 0.0971 e. The van der Waals surface area contributed by atoms with Gasteiger partial charge in [-0.1, -0.05) is 91.0 Å². The van der Waals surface area contributed by atoms with Crippen molar-refractivity contribution in [3.8, 4) is 39.3 Å². The molecule has 0 saturated carbocycles. The molecule has 0 radical (unpaired) electrons. The van der Waals surface area contributed by atoms with Gasteiger partial charge in [-0.05, 0) is 108 Å². The molecule has 0 amide bonds. The first-order chi connectivity index (χ1) is 26.8. The van der Waals surface area contributed by atoms with Crippen molar-refractivity contribution in [2.24, 2.45) is 0 Å². The molecule has 0 aliphatic carbocycles. The molecule has 0 aliphatic rings. The van der Waals surface area contributed by atoms with Gasteiger partial charge in [0.2, 0.25) is 0 Å². The van der Waals surface area contributed by atoms with E-state index in [1.165, 1.54) is 0 Å². The molecule has 10 aromatic rings. The average molecular weight is 692 g/mol. The summed E-state index contributed by atoms with van der Waals surface area (Å²) in [5.41, 5.74) is 14.6. The third-order valence-corrected chi connectivity index (χ3v) is 10.0. The van der Waals surface area contributed by atoms with Crippen LogP contribution in [0.25, 0.3) is 72.2 Å². The summed E-state index contributed by atoms with van der Waals surface area (Å²) in [7, 11) is 0. The van der Waals surface area contributed by atoms with Gasteiger partial charge in [-0.3, -0.25) is 9.97 Å². The van der Waals surface area contributed by atoms with Gasteiger partial charge >= 0.3 is 0 Å². The van der Waals surface area contributed by atoms with Crippen LogP contribution in [-0.4, -0.2) is 19.5 Å². The molecule has 10 rings (SSSR count). The van der Waals surface area contributed by atoms with Gasteiger partial charge in [-0.2, -0.15) is 0 Å². The van der Waals surface area contributed by atoms with Gasteiger partial charge < -0.3 is 9.47 Å². The van der Waals surface area contributed by atoms with E-state index in [1.54, 1.807) is 0 Å². The third kappa shape index (κ3) is 5.65. The molecule has 0 bridgehead atoms. The summed E-state index contributed by atoms with van der Waals surface area (Å²) in [6.07, 6.45) is 3.68. The molecule has 5 nitrogen and oxygen atoms in total. The van der Waals surface area contributed by atoms with Crippen LogP contribution < -0.4 is 4.90 Å². The van der Waals surface area contributed by atoms with E-state index in [4.69, 9.17) is 4.98 Å². The second kappa shape index (κ2) is 13.3. The summed E-state index contributed by atoms with van der Waals surface area (Å²) in [6, 6.07) is 66.0. The second-order valence-electron chi connectivity index (χ2n) is 13.4. The lowest BCUT2D eigenvalue weighted by molar-refractivity contribution is 1.18. The molecule has 4 heterocycles. The van der Waals surface area contributed by atoms with Gasteiger partial charge in [0, 0.05) is 57.0 Å². The minimum absolute atomic E-state index is 0.930. The summed E-state index contributed by atoms with van der Waals surface area (Å²) in [5.74, 6) is 0. The lowest BCUT2D eigenvalue weighted by Gasteiger charge is -2.27. The quantitative estimate of drug-likeness (QED) is 0.167. The first-order valence-corrected chi connectivity index (χ1v) is 18.1. The highest BCUT2D eigenvalue weighted by Gasteiger charge is 2.18. The van der Waals surface area contributed by atoms with E-state index in [0.717, 1.165) is 89.2 Å². The van der Waals surface area contributed by atoms with Crippen LogP contribution in [-0.2, 0) is 0 Å². The van der Waals surface area contributed by atoms with Crippen molar-refractivity contribution in [3.63, 3.8) is 0 Å². The van der Waals surface area contributed by atoms with Gasteiger partial charge in [0.25, 0.3) is 0 Å². The minimum atomic E-state index is 0.930. The van der Waals surface area contributed by atoms with Gasteiger partial charge in [0.1, 0.15) is 0 Å². The number of rotatable bonds is 7. The lowest BCUT2D eigenvalue weighted by atomic mass is 10.0. The molecule has 4 aromatic heterocycles. The van der Waals surface area contributed by atoms with Crippen LogP contribution in [0.5, 0.6) is 0 Å². The minimum Gasteiger partial charge on any atom is -0.310 e. The number of anilines is 3. The standard InChI is InChI=1S/C49H33N5/c1-2-17-39(18-3-1)54-47-26-25-35(32-43(47)49-48(54)33-38-13-4-5-24-46(38)52-49)34-14-10-19-40(29-34)53(41-20-11-15-36(30-41)44-22-6-8-27-50-44)42-21-12-16-37(31-42)45-23-7-9-28-51-45/h1-33H. The Bertz CT molecular complexity index is 2850. The molecule has 254 valence electrons. The van der Waals surface area contributed by atoms with E-state index in [2.05, 4.69) is 171 Å². The molecule has 0 spiro atoms. The van der Waals surface area contributed by atoms with E-state index in [0.29, 0.717) is 0 Å². The lowest BCUT2D eigenvalue weighted by Crippen LogP contribution is -2.10. The van der Waals surface area contributed by atoms with Crippen LogP contribution >= 0.6 is 0 Å². The Labute approximate surface area is 313 Å². The maximum atomic E-state index is 5.24. The van der Waals surface area contributed by atoms with Crippen molar-refractivity contribution in [1.29, 1.82) is 0 Å². The van der Waals surface area contributed by atoms with Crippen LogP contribution in [0.4, 0.5) is 17.1 Å². The zero-order valence-electron chi connectivity index (χ0n) is 29.3. The molecular weight excluding hydrogens is 659 g/mol. The van der Waals surface area contributed by atoms with Gasteiger partial charge in [0.05, 0.1) is 33.5 Å². The normalized spacial score (nSPS) is 11.3. The van der Waals surface area contributed by atoms with E-state index in [1.807, 2.05) is 48.8 Å². The molecule has 0 N–H and O–H groups in total. The molecule has 0 aliphatic heterocycles. The molecule has 6 aromatic carbocycles. The summed E-state index contributed by atoms with van der Waals surface area (Å²) < 4.78 is 2.33. The first kappa shape index (κ1) is 31.4. The molecule has 0 saturated heterocycles. The zero-order chi connectivity index (χ0) is 35.8. The van der Waals surface area contributed by atoms with Crippen LogP contribution in [0.1, 0.15) is 0 Å². The Morgan fingerprint density at radius 2 is 0.981 bits per heavy atom. The number of aromatic nitrogens is 4. The van der Waals surface area contributed by atoms with E-state index < -0.39 is 0 Å². The van der Waals surface area contributed by atoms with E-state index in [9.17, 15) is 0 Å². The molecule has 0 atom stereocenters. The maximum absolute atomic E-state index is 5.24. The van der Waals surface area contributed by atoms with Crippen LogP contribution in [0.2, 0.25) is 0 Å². The van der Waals surface area contributed by atoms with Gasteiger partial charge in [0.15, 0.2) is 0 Å². The average Bonchev–Trinajstić information content (AvgIpc) is 3.56. The Morgan fingerprint density at radius 1 is 0.407 bits per heavy atom. The Hall–Kier alpha value is -7.37. The Kier molecular flexibility index (Phi) is 7.73. The summed E-state index contributed by atoms with van der Waals surface area (Å²) >= 11 is 0. The molecule has 5 heteroatoms. The van der Waals surface area contributed by atoms with Crippen molar-refractivity contribution < 1.29 is 0 Å². The number of fused-ring (bicyclic) bond motifs is 4. The highest BCUT2D eigenvalue weighted by Crippen LogP contribution is 2.41. The fourth-order valence-corrected chi connectivity index (χ4v) is 7.51. The van der Waals surface area contributed by atoms with Crippen LogP contribution in [0, 0.1) is 0 Å². The molecule has 0 unspecified atom stereocenters. The third-order valence-electron chi connectivity index (χ3n) is 10.0. The predicted octanol–water partition coefficient (Wildman–Crippen LogP) is 12.6. The monoisotopic (exact) mass is 691 g/mol. The topological polar surface area (TPSA) is 46.8 Å². The van der Waals surface area contributed by atoms with Crippen molar-refractivity contribution in [2.45, 2.75) is 0 Å². The van der Waals surface area contributed by atoms with Crippen molar-refractivity contribution in [3.05, 3.63) is 200 Å². The maximum Gasteiger partial charge on any atom is 0.0971 e. The van der Waals surface area contributed by atoms with Crippen LogP contribution in [0.15, 0.2) is 200 Å². The van der Waals surface area contributed by atoms with Gasteiger partial charge in [-0.15, -0.1) is 0 Å². The second-order valence-corrected chi connectivity index (χ2v) is 13.4. The summed E-state index contributed by atoms with van der Waals surface area (Å²) in [5, 5.41) is 2.24.